The normalized spacial score (nSPS) is 27.0. The Labute approximate surface area is 140 Å². The molecule has 0 saturated carbocycles. The minimum atomic E-state index is -0.438. The van der Waals surface area contributed by atoms with Crippen LogP contribution < -0.4 is 5.73 Å². The van der Waals surface area contributed by atoms with Gasteiger partial charge >= 0.3 is 6.09 Å². The molecule has 0 spiro atoms. The van der Waals surface area contributed by atoms with Crippen LogP contribution in [0.5, 0.6) is 0 Å². The van der Waals surface area contributed by atoms with Crippen molar-refractivity contribution >= 4 is 6.09 Å². The van der Waals surface area contributed by atoms with E-state index in [9.17, 15) is 4.79 Å². The second-order valence-electron chi connectivity index (χ2n) is 8.41. The molecule has 2 aliphatic rings. The van der Waals surface area contributed by atoms with Crippen LogP contribution in [0.15, 0.2) is 0 Å². The van der Waals surface area contributed by atoms with Crippen molar-refractivity contribution in [2.45, 2.75) is 57.7 Å². The first-order valence-electron chi connectivity index (χ1n) is 8.77. The molecule has 0 bridgehead atoms. The minimum absolute atomic E-state index is 0.0884. The second-order valence-corrected chi connectivity index (χ2v) is 8.41. The number of hydrogen-bond donors (Lipinski definition) is 1. The summed E-state index contributed by atoms with van der Waals surface area (Å²) in [6.45, 7) is 13.3. The van der Waals surface area contributed by atoms with Gasteiger partial charge in [-0.25, -0.2) is 4.79 Å². The first-order chi connectivity index (χ1) is 10.6. The van der Waals surface area contributed by atoms with Crippen LogP contribution in [0.4, 0.5) is 4.79 Å². The van der Waals surface area contributed by atoms with Gasteiger partial charge in [-0.1, -0.05) is 0 Å². The number of ether oxygens (including phenoxy) is 1. The van der Waals surface area contributed by atoms with Gasteiger partial charge in [0.1, 0.15) is 5.60 Å². The smallest absolute Gasteiger partial charge is 0.410 e. The highest BCUT2D eigenvalue weighted by Crippen LogP contribution is 2.23. The molecule has 2 rings (SSSR count). The van der Waals surface area contributed by atoms with Crippen LogP contribution in [-0.4, -0.2) is 84.3 Å². The van der Waals surface area contributed by atoms with Gasteiger partial charge in [0.15, 0.2) is 0 Å². The first-order valence-corrected chi connectivity index (χ1v) is 8.77. The fourth-order valence-corrected chi connectivity index (χ4v) is 3.35. The molecule has 1 amide bonds. The van der Waals surface area contributed by atoms with Crippen LogP contribution in [0, 0.1) is 0 Å². The zero-order chi connectivity index (χ0) is 17.3. The van der Waals surface area contributed by atoms with Crippen molar-refractivity contribution in [3.8, 4) is 0 Å². The third-order valence-electron chi connectivity index (χ3n) is 4.92. The number of hydrogen-bond acceptors (Lipinski definition) is 5. The SMILES string of the molecule is CC1CN(C(=O)OC(C)(C)C)CCN1CC1(N)CCN(C)CC1. The molecule has 23 heavy (non-hydrogen) atoms. The van der Waals surface area contributed by atoms with Crippen LogP contribution >= 0.6 is 0 Å². The highest BCUT2D eigenvalue weighted by Gasteiger charge is 2.36. The van der Waals surface area contributed by atoms with Crippen LogP contribution in [-0.2, 0) is 4.74 Å². The molecule has 0 aromatic heterocycles. The lowest BCUT2D eigenvalue weighted by Gasteiger charge is -2.46. The van der Waals surface area contributed by atoms with E-state index >= 15 is 0 Å². The molecule has 2 N–H and O–H groups in total. The van der Waals surface area contributed by atoms with Crippen LogP contribution in [0.1, 0.15) is 40.5 Å². The number of nitrogens with zero attached hydrogens (tertiary/aromatic N) is 3. The van der Waals surface area contributed by atoms with E-state index in [4.69, 9.17) is 10.5 Å². The van der Waals surface area contributed by atoms with Crippen LogP contribution in [0.25, 0.3) is 0 Å². The molecule has 2 fully saturated rings. The number of piperidine rings is 1. The maximum Gasteiger partial charge on any atom is 0.410 e. The van der Waals surface area contributed by atoms with Gasteiger partial charge in [-0.2, -0.15) is 0 Å². The van der Waals surface area contributed by atoms with Gasteiger partial charge in [0.25, 0.3) is 0 Å². The lowest BCUT2D eigenvalue weighted by atomic mass is 9.87. The molecule has 2 heterocycles. The number of amides is 1. The van der Waals surface area contributed by atoms with Gasteiger partial charge in [0.05, 0.1) is 0 Å². The van der Waals surface area contributed by atoms with Crippen molar-refractivity contribution < 1.29 is 9.53 Å². The Kier molecular flexibility index (Phi) is 5.59. The summed E-state index contributed by atoms with van der Waals surface area (Å²) < 4.78 is 5.48. The summed E-state index contributed by atoms with van der Waals surface area (Å²) in [7, 11) is 2.15. The van der Waals surface area contributed by atoms with E-state index in [1.54, 1.807) is 0 Å². The summed E-state index contributed by atoms with van der Waals surface area (Å²) in [6, 6.07) is 0.316. The average molecular weight is 326 g/mol. The second kappa shape index (κ2) is 6.95. The van der Waals surface area contributed by atoms with Gasteiger partial charge < -0.3 is 20.3 Å². The topological polar surface area (TPSA) is 62.0 Å². The van der Waals surface area contributed by atoms with Crippen molar-refractivity contribution in [2.24, 2.45) is 5.73 Å². The number of carbonyl (C=O) groups excluding carboxylic acids is 1. The standard InChI is InChI=1S/C17H34N4O2/c1-14-12-20(15(22)23-16(2,3)4)10-11-21(14)13-17(18)6-8-19(5)9-7-17/h14H,6-13,18H2,1-5H3. The Morgan fingerprint density at radius 1 is 1.22 bits per heavy atom. The third kappa shape index (κ3) is 5.33. The molecule has 1 unspecified atom stereocenters. The predicted molar refractivity (Wildman–Crippen MR) is 92.5 cm³/mol. The Bertz CT molecular complexity index is 413. The zero-order valence-corrected chi connectivity index (χ0v) is 15.5. The Balaban J connectivity index is 1.85. The molecule has 1 atom stereocenters. The predicted octanol–water partition coefficient (Wildman–Crippen LogP) is 1.35. The lowest BCUT2D eigenvalue weighted by molar-refractivity contribution is 0.000400. The minimum Gasteiger partial charge on any atom is -0.444 e. The maximum atomic E-state index is 12.2. The van der Waals surface area contributed by atoms with Gasteiger partial charge in [0.2, 0.25) is 0 Å². The average Bonchev–Trinajstić information content (AvgIpc) is 2.43. The van der Waals surface area contributed by atoms with Gasteiger partial charge in [-0.05, 0) is 60.7 Å². The molecule has 0 aromatic carbocycles. The van der Waals surface area contributed by atoms with Crippen LogP contribution in [0.2, 0.25) is 0 Å². The van der Waals surface area contributed by atoms with E-state index < -0.39 is 5.60 Å². The van der Waals surface area contributed by atoms with Crippen LogP contribution in [0.3, 0.4) is 0 Å². The zero-order valence-electron chi connectivity index (χ0n) is 15.5. The van der Waals surface area contributed by atoms with Crippen molar-refractivity contribution in [3.63, 3.8) is 0 Å². The summed E-state index contributed by atoms with van der Waals surface area (Å²) in [5, 5.41) is 0. The molecule has 0 aliphatic carbocycles. The number of piperazine rings is 1. The van der Waals surface area contributed by atoms with Gasteiger partial charge in [-0.15, -0.1) is 0 Å². The van der Waals surface area contributed by atoms with Crippen molar-refractivity contribution in [3.05, 3.63) is 0 Å². The number of nitrogens with two attached hydrogens (primary N) is 1. The summed E-state index contributed by atoms with van der Waals surface area (Å²) in [6.07, 6.45) is 1.89. The largest absolute Gasteiger partial charge is 0.444 e. The van der Waals surface area contributed by atoms with E-state index in [0.717, 1.165) is 45.6 Å². The lowest BCUT2D eigenvalue weighted by Crippen LogP contribution is -2.62. The van der Waals surface area contributed by atoms with E-state index in [1.807, 2.05) is 25.7 Å². The van der Waals surface area contributed by atoms with Gasteiger partial charge in [0, 0.05) is 37.8 Å². The molecular weight excluding hydrogens is 292 g/mol. The fourth-order valence-electron chi connectivity index (χ4n) is 3.35. The molecular formula is C17H34N4O2. The van der Waals surface area contributed by atoms with Crippen molar-refractivity contribution in [2.75, 3.05) is 46.3 Å². The monoisotopic (exact) mass is 326 g/mol. The van der Waals surface area contributed by atoms with E-state index in [-0.39, 0.29) is 11.6 Å². The molecule has 2 saturated heterocycles. The van der Waals surface area contributed by atoms with Crippen molar-refractivity contribution in [1.29, 1.82) is 0 Å². The highest BCUT2D eigenvalue weighted by atomic mass is 16.6. The number of likely N-dealkylation sites (tertiary alicyclic amines) is 1. The first kappa shape index (κ1) is 18.5. The summed E-state index contributed by atoms with van der Waals surface area (Å²) in [5.74, 6) is 0. The quantitative estimate of drug-likeness (QED) is 0.830. The molecule has 134 valence electrons. The van der Waals surface area contributed by atoms with Crippen molar-refractivity contribution in [1.82, 2.24) is 14.7 Å². The molecule has 2 aliphatic heterocycles. The Hall–Kier alpha value is -0.850. The molecule has 6 nitrogen and oxygen atoms in total. The molecule has 0 radical (unpaired) electrons. The Morgan fingerprint density at radius 3 is 2.35 bits per heavy atom. The summed E-state index contributed by atoms with van der Waals surface area (Å²) in [4.78, 5) is 18.8. The van der Waals surface area contributed by atoms with E-state index in [2.05, 4.69) is 23.8 Å². The molecule has 0 aromatic rings. The van der Waals surface area contributed by atoms with Gasteiger partial charge in [-0.3, -0.25) is 4.90 Å². The van der Waals surface area contributed by atoms with E-state index in [0.29, 0.717) is 12.6 Å². The number of carbonyl (C=O) groups is 1. The maximum absolute atomic E-state index is 12.2. The van der Waals surface area contributed by atoms with E-state index in [1.165, 1.54) is 0 Å². The highest BCUT2D eigenvalue weighted by molar-refractivity contribution is 5.68. The Morgan fingerprint density at radius 2 is 1.83 bits per heavy atom. The fraction of sp³-hybridized carbons (Fsp3) is 0.941. The summed E-state index contributed by atoms with van der Waals surface area (Å²) >= 11 is 0. The summed E-state index contributed by atoms with van der Waals surface area (Å²) in [5.41, 5.74) is 6.09. The number of rotatable bonds is 2. The third-order valence-corrected chi connectivity index (χ3v) is 4.92. The molecule has 6 heteroatoms.